The van der Waals surface area contributed by atoms with Gasteiger partial charge in [0.05, 0.1) is 0 Å². The molecule has 16 heavy (non-hydrogen) atoms. The zero-order chi connectivity index (χ0) is 11.8. The number of hydrogen-bond acceptors (Lipinski definition) is 2. The molecule has 1 rings (SSSR count). The van der Waals surface area contributed by atoms with Crippen molar-refractivity contribution in [1.29, 1.82) is 0 Å². The van der Waals surface area contributed by atoms with Gasteiger partial charge >= 0.3 is 0 Å². The smallest absolute Gasteiger partial charge is 0.267 e. The maximum absolute atomic E-state index is 11.8. The van der Waals surface area contributed by atoms with Gasteiger partial charge in [-0.3, -0.25) is 4.79 Å². The lowest BCUT2D eigenvalue weighted by Gasteiger charge is -2.08. The molecule has 0 aliphatic rings. The van der Waals surface area contributed by atoms with Crippen LogP contribution in [0.15, 0.2) is 18.3 Å². The minimum atomic E-state index is -0.0311. The third-order valence-electron chi connectivity index (χ3n) is 2.40. The molecule has 1 aromatic heterocycles. The van der Waals surface area contributed by atoms with Crippen LogP contribution in [0.25, 0.3) is 0 Å². The van der Waals surface area contributed by atoms with Crippen molar-refractivity contribution in [2.75, 3.05) is 13.2 Å². The van der Waals surface area contributed by atoms with Crippen LogP contribution in [0.4, 0.5) is 0 Å². The van der Waals surface area contributed by atoms with Crippen molar-refractivity contribution in [2.45, 2.75) is 32.7 Å². The van der Waals surface area contributed by atoms with E-state index in [0.717, 1.165) is 25.8 Å². The molecule has 0 aliphatic heterocycles. The fraction of sp³-hybridized carbons (Fsp3) is 0.583. The maximum Gasteiger partial charge on any atom is 0.267 e. The summed E-state index contributed by atoms with van der Waals surface area (Å²) in [6.45, 7) is 3.76. The molecule has 1 aromatic rings. The molecule has 0 aromatic carbocycles. The molecule has 0 saturated carbocycles. The van der Waals surface area contributed by atoms with Crippen molar-refractivity contribution in [3.05, 3.63) is 24.0 Å². The summed E-state index contributed by atoms with van der Waals surface area (Å²) < 4.78 is 1.96. The molecule has 0 aliphatic carbocycles. The van der Waals surface area contributed by atoms with Crippen LogP contribution >= 0.6 is 0 Å². The molecule has 4 nitrogen and oxygen atoms in total. The lowest BCUT2D eigenvalue weighted by atomic mass is 10.3. The van der Waals surface area contributed by atoms with E-state index in [9.17, 15) is 4.79 Å². The van der Waals surface area contributed by atoms with Gasteiger partial charge in [-0.25, -0.2) is 0 Å². The second-order valence-electron chi connectivity index (χ2n) is 3.77. The highest BCUT2D eigenvalue weighted by atomic mass is 16.2. The summed E-state index contributed by atoms with van der Waals surface area (Å²) >= 11 is 0. The van der Waals surface area contributed by atoms with Crippen LogP contribution in [0.5, 0.6) is 0 Å². The molecule has 0 bridgehead atoms. The van der Waals surface area contributed by atoms with Gasteiger partial charge in [-0.2, -0.15) is 0 Å². The number of aryl methyl sites for hydroxylation is 1. The summed E-state index contributed by atoms with van der Waals surface area (Å²) in [5.74, 6) is -0.0311. The third kappa shape index (κ3) is 3.70. The Morgan fingerprint density at radius 1 is 1.50 bits per heavy atom. The van der Waals surface area contributed by atoms with Crippen molar-refractivity contribution in [3.8, 4) is 0 Å². The van der Waals surface area contributed by atoms with Gasteiger partial charge in [0.15, 0.2) is 0 Å². The minimum Gasteiger partial charge on any atom is -0.396 e. The van der Waals surface area contributed by atoms with E-state index in [2.05, 4.69) is 12.2 Å². The normalized spacial score (nSPS) is 10.4. The number of aromatic nitrogens is 1. The molecule has 1 heterocycles. The number of aliphatic hydroxyl groups excluding tert-OH is 1. The highest BCUT2D eigenvalue weighted by molar-refractivity contribution is 5.92. The summed E-state index contributed by atoms with van der Waals surface area (Å²) in [6, 6.07) is 3.72. The standard InChI is InChI=1S/C12H20N2O2/c1-2-8-14-9-5-6-11(14)12(16)13-7-3-4-10-15/h5-6,9,15H,2-4,7-8,10H2,1H3,(H,13,16). The third-order valence-corrected chi connectivity index (χ3v) is 2.40. The van der Waals surface area contributed by atoms with Gasteiger partial charge in [0.2, 0.25) is 0 Å². The van der Waals surface area contributed by atoms with E-state index in [4.69, 9.17) is 5.11 Å². The van der Waals surface area contributed by atoms with Crippen molar-refractivity contribution >= 4 is 5.91 Å². The van der Waals surface area contributed by atoms with Crippen molar-refractivity contribution < 1.29 is 9.90 Å². The molecular weight excluding hydrogens is 204 g/mol. The second kappa shape index (κ2) is 7.06. The number of nitrogens with zero attached hydrogens (tertiary/aromatic N) is 1. The quantitative estimate of drug-likeness (QED) is 0.688. The average Bonchev–Trinajstić information content (AvgIpc) is 2.73. The molecule has 0 spiro atoms. The zero-order valence-electron chi connectivity index (χ0n) is 9.78. The van der Waals surface area contributed by atoms with Gasteiger partial charge in [0, 0.05) is 25.9 Å². The maximum atomic E-state index is 11.8. The molecule has 0 atom stereocenters. The summed E-state index contributed by atoms with van der Waals surface area (Å²) in [5, 5.41) is 11.5. The van der Waals surface area contributed by atoms with E-state index in [0.29, 0.717) is 12.2 Å². The van der Waals surface area contributed by atoms with Crippen LogP contribution in [0.1, 0.15) is 36.7 Å². The summed E-state index contributed by atoms with van der Waals surface area (Å²) in [7, 11) is 0. The fourth-order valence-electron chi connectivity index (χ4n) is 1.59. The van der Waals surface area contributed by atoms with E-state index in [1.54, 1.807) is 0 Å². The van der Waals surface area contributed by atoms with Gasteiger partial charge in [0.1, 0.15) is 5.69 Å². The lowest BCUT2D eigenvalue weighted by Crippen LogP contribution is -2.26. The van der Waals surface area contributed by atoms with Crippen LogP contribution in [-0.4, -0.2) is 28.7 Å². The molecule has 2 N–H and O–H groups in total. The minimum absolute atomic E-state index is 0.0311. The Balaban J connectivity index is 2.42. The first-order valence-corrected chi connectivity index (χ1v) is 5.83. The topological polar surface area (TPSA) is 54.3 Å². The van der Waals surface area contributed by atoms with Crippen LogP contribution in [-0.2, 0) is 6.54 Å². The van der Waals surface area contributed by atoms with E-state index in [-0.39, 0.29) is 12.5 Å². The Bertz CT molecular complexity index is 321. The van der Waals surface area contributed by atoms with E-state index in [1.807, 2.05) is 22.9 Å². The van der Waals surface area contributed by atoms with E-state index in [1.165, 1.54) is 0 Å². The number of aliphatic hydroxyl groups is 1. The molecule has 0 unspecified atom stereocenters. The predicted octanol–water partition coefficient (Wildman–Crippen LogP) is 1.40. The van der Waals surface area contributed by atoms with Gasteiger partial charge in [-0.05, 0) is 31.4 Å². The molecule has 0 saturated heterocycles. The Labute approximate surface area is 96.3 Å². The monoisotopic (exact) mass is 224 g/mol. The SMILES string of the molecule is CCCn1cccc1C(=O)NCCCCO. The molecule has 90 valence electrons. The first-order valence-electron chi connectivity index (χ1n) is 5.83. The first kappa shape index (κ1) is 12.8. The summed E-state index contributed by atoms with van der Waals surface area (Å²) in [5.41, 5.74) is 0.714. The number of carbonyl (C=O) groups is 1. The molecule has 0 radical (unpaired) electrons. The predicted molar refractivity (Wildman–Crippen MR) is 63.4 cm³/mol. The van der Waals surface area contributed by atoms with Gasteiger partial charge < -0.3 is 15.0 Å². The van der Waals surface area contributed by atoms with Crippen LogP contribution in [0.2, 0.25) is 0 Å². The average molecular weight is 224 g/mol. The largest absolute Gasteiger partial charge is 0.396 e. The number of unbranched alkanes of at least 4 members (excludes halogenated alkanes) is 1. The number of rotatable bonds is 7. The number of hydrogen-bond donors (Lipinski definition) is 2. The number of carbonyl (C=O) groups excluding carboxylic acids is 1. The van der Waals surface area contributed by atoms with Gasteiger partial charge in [-0.1, -0.05) is 6.92 Å². The number of amides is 1. The first-order chi connectivity index (χ1) is 7.79. The highest BCUT2D eigenvalue weighted by Crippen LogP contribution is 2.03. The Morgan fingerprint density at radius 3 is 3.00 bits per heavy atom. The van der Waals surface area contributed by atoms with Gasteiger partial charge in [0.25, 0.3) is 5.91 Å². The van der Waals surface area contributed by atoms with Crippen molar-refractivity contribution in [1.82, 2.24) is 9.88 Å². The summed E-state index contributed by atoms with van der Waals surface area (Å²) in [4.78, 5) is 11.8. The van der Waals surface area contributed by atoms with E-state index < -0.39 is 0 Å². The second-order valence-corrected chi connectivity index (χ2v) is 3.77. The zero-order valence-corrected chi connectivity index (χ0v) is 9.78. The molecule has 4 heteroatoms. The fourth-order valence-corrected chi connectivity index (χ4v) is 1.59. The molecular formula is C12H20N2O2. The lowest BCUT2D eigenvalue weighted by molar-refractivity contribution is 0.0942. The van der Waals surface area contributed by atoms with E-state index >= 15 is 0 Å². The van der Waals surface area contributed by atoms with Gasteiger partial charge in [-0.15, -0.1) is 0 Å². The molecule has 1 amide bonds. The Hall–Kier alpha value is -1.29. The Morgan fingerprint density at radius 2 is 2.31 bits per heavy atom. The molecule has 0 fully saturated rings. The van der Waals surface area contributed by atoms with Crippen LogP contribution < -0.4 is 5.32 Å². The highest BCUT2D eigenvalue weighted by Gasteiger charge is 2.08. The van der Waals surface area contributed by atoms with Crippen LogP contribution in [0.3, 0.4) is 0 Å². The number of nitrogens with one attached hydrogen (secondary N) is 1. The van der Waals surface area contributed by atoms with Crippen molar-refractivity contribution in [2.24, 2.45) is 0 Å². The van der Waals surface area contributed by atoms with Crippen LogP contribution in [0, 0.1) is 0 Å². The Kier molecular flexibility index (Phi) is 5.64. The van der Waals surface area contributed by atoms with Crippen molar-refractivity contribution in [3.63, 3.8) is 0 Å². The summed E-state index contributed by atoms with van der Waals surface area (Å²) in [6.07, 6.45) is 4.48.